The van der Waals surface area contributed by atoms with Crippen molar-refractivity contribution in [3.63, 3.8) is 0 Å². The van der Waals surface area contributed by atoms with E-state index < -0.39 is 12.1 Å². The van der Waals surface area contributed by atoms with Gasteiger partial charge in [-0.3, -0.25) is 4.99 Å². The van der Waals surface area contributed by atoms with Crippen LogP contribution >= 0.6 is 0 Å². The topological polar surface area (TPSA) is 45.7 Å². The maximum absolute atomic E-state index is 12.9. The van der Waals surface area contributed by atoms with Gasteiger partial charge in [-0.25, -0.2) is 0 Å². The largest absolute Gasteiger partial charge is 0.391 e. The van der Waals surface area contributed by atoms with Crippen LogP contribution in [0.5, 0.6) is 0 Å². The summed E-state index contributed by atoms with van der Waals surface area (Å²) in [5, 5.41) is 6.74. The van der Waals surface area contributed by atoms with E-state index in [-0.39, 0.29) is 24.2 Å². The van der Waals surface area contributed by atoms with Crippen molar-refractivity contribution in [1.82, 2.24) is 10.6 Å². The number of halogens is 3. The van der Waals surface area contributed by atoms with E-state index in [4.69, 9.17) is 4.74 Å². The molecule has 2 saturated carbocycles. The predicted molar refractivity (Wildman–Crippen MR) is 91.4 cm³/mol. The van der Waals surface area contributed by atoms with E-state index in [1.807, 2.05) is 0 Å². The first kappa shape index (κ1) is 18.8. The molecule has 0 spiro atoms. The predicted octanol–water partition coefficient (Wildman–Crippen LogP) is 3.33. The van der Waals surface area contributed by atoms with E-state index in [1.54, 1.807) is 7.05 Å². The van der Waals surface area contributed by atoms with E-state index in [2.05, 4.69) is 29.5 Å². The monoisotopic (exact) mass is 361 g/mol. The van der Waals surface area contributed by atoms with Crippen molar-refractivity contribution in [3.8, 4) is 0 Å². The van der Waals surface area contributed by atoms with Gasteiger partial charge in [0.25, 0.3) is 0 Å². The van der Waals surface area contributed by atoms with Crippen molar-refractivity contribution in [2.45, 2.75) is 64.3 Å². The normalized spacial score (nSPS) is 38.0. The number of nitrogens with zero attached hydrogens (tertiary/aromatic N) is 1. The zero-order valence-corrected chi connectivity index (χ0v) is 15.3. The summed E-state index contributed by atoms with van der Waals surface area (Å²) in [7, 11) is 1.71. The molecule has 0 bridgehead atoms. The molecule has 0 amide bonds. The molecule has 1 aliphatic heterocycles. The fraction of sp³-hybridized carbons (Fsp3) is 0.944. The van der Waals surface area contributed by atoms with Gasteiger partial charge in [0, 0.05) is 37.6 Å². The van der Waals surface area contributed by atoms with Crippen LogP contribution in [0.3, 0.4) is 0 Å². The van der Waals surface area contributed by atoms with Crippen LogP contribution in [0.1, 0.15) is 46.0 Å². The minimum absolute atomic E-state index is 0.0466. The summed E-state index contributed by atoms with van der Waals surface area (Å²) in [4.78, 5) is 4.27. The summed E-state index contributed by atoms with van der Waals surface area (Å²) in [6.07, 6.45) is -0.713. The second kappa shape index (κ2) is 6.97. The molecular formula is C18H30F3N3O. The molecule has 4 nitrogen and oxygen atoms in total. The van der Waals surface area contributed by atoms with Crippen molar-refractivity contribution in [3.05, 3.63) is 0 Å². The molecule has 0 radical (unpaired) electrons. The van der Waals surface area contributed by atoms with Gasteiger partial charge in [-0.05, 0) is 31.6 Å². The standard InChI is InChI=1S/C18H30F3N3O/c1-17(2)14(13-7-8-25-15(13)17)24-16(22-3)23-10-11-5-4-6-12(9-11)18(19,20)21/h11-15H,4-10H2,1-3H3,(H2,22,23,24). The molecule has 1 saturated heterocycles. The van der Waals surface area contributed by atoms with Crippen LogP contribution in [-0.2, 0) is 4.74 Å². The number of nitrogens with one attached hydrogen (secondary N) is 2. The number of hydrogen-bond donors (Lipinski definition) is 2. The molecule has 0 aromatic rings. The van der Waals surface area contributed by atoms with Gasteiger partial charge in [0.05, 0.1) is 12.0 Å². The van der Waals surface area contributed by atoms with Gasteiger partial charge in [-0.1, -0.05) is 20.3 Å². The number of aliphatic imine (C=N–C) groups is 1. The van der Waals surface area contributed by atoms with Crippen molar-refractivity contribution < 1.29 is 17.9 Å². The lowest BCUT2D eigenvalue weighted by molar-refractivity contribution is -0.185. The number of ether oxygens (including phenoxy) is 1. The first-order valence-corrected chi connectivity index (χ1v) is 9.39. The van der Waals surface area contributed by atoms with Gasteiger partial charge in [0.15, 0.2) is 5.96 Å². The van der Waals surface area contributed by atoms with Crippen molar-refractivity contribution >= 4 is 5.96 Å². The van der Waals surface area contributed by atoms with Crippen molar-refractivity contribution in [2.24, 2.45) is 28.2 Å². The smallest absolute Gasteiger partial charge is 0.377 e. The van der Waals surface area contributed by atoms with Gasteiger partial charge in [-0.2, -0.15) is 13.2 Å². The maximum atomic E-state index is 12.9. The van der Waals surface area contributed by atoms with Gasteiger partial charge < -0.3 is 15.4 Å². The van der Waals surface area contributed by atoms with Crippen LogP contribution in [0.4, 0.5) is 13.2 Å². The Kier molecular flexibility index (Phi) is 5.24. The minimum Gasteiger partial charge on any atom is -0.377 e. The van der Waals surface area contributed by atoms with Crippen LogP contribution in [0, 0.1) is 23.2 Å². The van der Waals surface area contributed by atoms with Crippen LogP contribution in [0.2, 0.25) is 0 Å². The summed E-state index contributed by atoms with van der Waals surface area (Å²) < 4.78 is 44.6. The second-order valence-corrected chi connectivity index (χ2v) is 8.41. The Hall–Kier alpha value is -0.980. The zero-order valence-electron chi connectivity index (χ0n) is 15.3. The van der Waals surface area contributed by atoms with E-state index in [0.29, 0.717) is 37.0 Å². The Balaban J connectivity index is 1.50. The lowest BCUT2D eigenvalue weighted by atomic mass is 9.57. The highest BCUT2D eigenvalue weighted by atomic mass is 19.4. The van der Waals surface area contributed by atoms with Gasteiger partial charge >= 0.3 is 6.18 Å². The van der Waals surface area contributed by atoms with E-state index in [0.717, 1.165) is 19.4 Å². The minimum atomic E-state index is -4.06. The molecule has 1 heterocycles. The molecule has 3 rings (SSSR count). The van der Waals surface area contributed by atoms with Gasteiger partial charge in [0.2, 0.25) is 0 Å². The highest BCUT2D eigenvalue weighted by Gasteiger charge is 2.59. The summed E-state index contributed by atoms with van der Waals surface area (Å²) >= 11 is 0. The molecule has 3 aliphatic rings. The highest BCUT2D eigenvalue weighted by molar-refractivity contribution is 5.80. The lowest BCUT2D eigenvalue weighted by Gasteiger charge is -2.55. The fourth-order valence-corrected chi connectivity index (χ4v) is 4.97. The first-order chi connectivity index (χ1) is 11.7. The molecular weight excluding hydrogens is 331 g/mol. The van der Waals surface area contributed by atoms with Crippen LogP contribution in [0.15, 0.2) is 4.99 Å². The van der Waals surface area contributed by atoms with E-state index >= 15 is 0 Å². The molecule has 0 aromatic carbocycles. The van der Waals surface area contributed by atoms with Gasteiger partial charge in [0.1, 0.15) is 0 Å². The maximum Gasteiger partial charge on any atom is 0.391 e. The molecule has 5 unspecified atom stereocenters. The number of hydrogen-bond acceptors (Lipinski definition) is 2. The third kappa shape index (κ3) is 3.76. The summed E-state index contributed by atoms with van der Waals surface area (Å²) in [5.74, 6) is 0.0938. The Morgan fingerprint density at radius 1 is 1.24 bits per heavy atom. The quantitative estimate of drug-likeness (QED) is 0.599. The van der Waals surface area contributed by atoms with Crippen LogP contribution in [-0.4, -0.2) is 44.5 Å². The van der Waals surface area contributed by atoms with Crippen molar-refractivity contribution in [2.75, 3.05) is 20.2 Å². The third-order valence-corrected chi connectivity index (χ3v) is 6.42. The Morgan fingerprint density at radius 3 is 2.68 bits per heavy atom. The third-order valence-electron chi connectivity index (χ3n) is 6.42. The number of guanidine groups is 1. The molecule has 2 aliphatic carbocycles. The summed E-state index contributed by atoms with van der Waals surface area (Å²) in [5.41, 5.74) is 0.0466. The van der Waals surface area contributed by atoms with Gasteiger partial charge in [-0.15, -0.1) is 0 Å². The summed E-state index contributed by atoms with van der Waals surface area (Å²) in [6, 6.07) is 0.292. The fourth-order valence-electron chi connectivity index (χ4n) is 4.97. The Morgan fingerprint density at radius 2 is 2.00 bits per heavy atom. The average Bonchev–Trinajstić information content (AvgIpc) is 3.01. The van der Waals surface area contributed by atoms with Crippen LogP contribution < -0.4 is 10.6 Å². The Bertz CT molecular complexity index is 506. The molecule has 5 atom stereocenters. The first-order valence-electron chi connectivity index (χ1n) is 9.39. The average molecular weight is 361 g/mol. The molecule has 25 heavy (non-hydrogen) atoms. The lowest BCUT2D eigenvalue weighted by Crippen LogP contribution is -2.68. The van der Waals surface area contributed by atoms with E-state index in [1.165, 1.54) is 0 Å². The highest BCUT2D eigenvalue weighted by Crippen LogP contribution is 2.52. The summed E-state index contributed by atoms with van der Waals surface area (Å²) in [6.45, 7) is 5.74. The number of fused-ring (bicyclic) bond motifs is 1. The second-order valence-electron chi connectivity index (χ2n) is 8.41. The zero-order chi connectivity index (χ0) is 18.2. The van der Waals surface area contributed by atoms with E-state index in [9.17, 15) is 13.2 Å². The Labute approximate surface area is 148 Å². The molecule has 0 aromatic heterocycles. The van der Waals surface area contributed by atoms with Crippen molar-refractivity contribution in [1.29, 1.82) is 0 Å². The number of rotatable bonds is 3. The van der Waals surface area contributed by atoms with Crippen LogP contribution in [0.25, 0.3) is 0 Å². The molecule has 7 heteroatoms. The SMILES string of the molecule is CN=C(NCC1CCCC(C(F)(F)F)C1)NC1C2CCOC2C1(C)C. The molecule has 3 fully saturated rings. The molecule has 2 N–H and O–H groups in total. The molecule has 144 valence electrons. The number of alkyl halides is 3.